The van der Waals surface area contributed by atoms with Gasteiger partial charge in [0.25, 0.3) is 5.91 Å². The second-order valence-electron chi connectivity index (χ2n) is 5.60. The molecule has 0 bridgehead atoms. The molecule has 0 spiro atoms. The van der Waals surface area contributed by atoms with E-state index in [9.17, 15) is 14.0 Å². The molecule has 1 aliphatic heterocycles. The number of benzene rings is 2. The minimum absolute atomic E-state index is 0.186. The summed E-state index contributed by atoms with van der Waals surface area (Å²) in [6, 6.07) is 10.9. The van der Waals surface area contributed by atoms with Gasteiger partial charge in [0, 0.05) is 23.2 Å². The van der Waals surface area contributed by atoms with Crippen LogP contribution in [-0.4, -0.2) is 18.4 Å². The molecule has 0 unspecified atom stereocenters. The Hall–Kier alpha value is -3.15. The molecular formula is C19H17FN2O3. The minimum Gasteiger partial charge on any atom is -0.490 e. The van der Waals surface area contributed by atoms with Crippen LogP contribution in [0.5, 0.6) is 5.75 Å². The zero-order valence-electron chi connectivity index (χ0n) is 13.4. The number of anilines is 1. The van der Waals surface area contributed by atoms with Crippen LogP contribution in [0.3, 0.4) is 0 Å². The summed E-state index contributed by atoms with van der Waals surface area (Å²) in [5.74, 6) is -0.917. The van der Waals surface area contributed by atoms with E-state index in [4.69, 9.17) is 4.74 Å². The molecule has 128 valence electrons. The maximum Gasteiger partial charge on any atom is 0.251 e. The third kappa shape index (κ3) is 3.68. The third-order valence-electron chi connectivity index (χ3n) is 3.91. The molecule has 6 heteroatoms. The Morgan fingerprint density at radius 2 is 2.04 bits per heavy atom. The van der Waals surface area contributed by atoms with Crippen LogP contribution in [0.1, 0.15) is 28.4 Å². The molecule has 2 amide bonds. The predicted molar refractivity (Wildman–Crippen MR) is 92.0 cm³/mol. The molecule has 5 nitrogen and oxygen atoms in total. The molecule has 0 fully saturated rings. The van der Waals surface area contributed by atoms with Gasteiger partial charge in [-0.15, -0.1) is 0 Å². The number of amides is 2. The highest BCUT2D eigenvalue weighted by Gasteiger charge is 2.25. The molecule has 0 saturated carbocycles. The van der Waals surface area contributed by atoms with Gasteiger partial charge in [-0.05, 0) is 30.3 Å². The van der Waals surface area contributed by atoms with E-state index in [1.807, 2.05) is 0 Å². The highest BCUT2D eigenvalue weighted by Crippen LogP contribution is 2.34. The van der Waals surface area contributed by atoms with Crippen molar-refractivity contribution in [3.8, 4) is 5.75 Å². The van der Waals surface area contributed by atoms with Gasteiger partial charge in [-0.2, -0.15) is 0 Å². The fourth-order valence-corrected chi connectivity index (χ4v) is 2.71. The predicted octanol–water partition coefficient (Wildman–Crippen LogP) is 3.20. The zero-order chi connectivity index (χ0) is 17.8. The fraction of sp³-hybridized carbons (Fsp3) is 0.158. The summed E-state index contributed by atoms with van der Waals surface area (Å²) in [6.07, 6.45) is 1.70. The lowest BCUT2D eigenvalue weighted by atomic mass is 9.99. The quantitative estimate of drug-likeness (QED) is 0.840. The van der Waals surface area contributed by atoms with E-state index in [1.165, 1.54) is 6.07 Å². The lowest BCUT2D eigenvalue weighted by Crippen LogP contribution is -2.32. The number of ether oxygens (including phenoxy) is 1. The number of hydrogen-bond donors (Lipinski definition) is 2. The molecule has 2 aromatic rings. The van der Waals surface area contributed by atoms with Gasteiger partial charge in [0.15, 0.2) is 11.6 Å². The summed E-state index contributed by atoms with van der Waals surface area (Å²) in [4.78, 5) is 23.9. The lowest BCUT2D eigenvalue weighted by molar-refractivity contribution is -0.111. The van der Waals surface area contributed by atoms with Crippen LogP contribution in [0.4, 0.5) is 10.1 Å². The first kappa shape index (κ1) is 16.7. The number of para-hydroxylation sites is 1. The number of carbonyl (C=O) groups excluding carboxylic acids is 2. The number of fused-ring (bicyclic) bond motifs is 1. The molecule has 2 aromatic carbocycles. The van der Waals surface area contributed by atoms with Crippen LogP contribution in [0, 0.1) is 5.82 Å². The van der Waals surface area contributed by atoms with Crippen molar-refractivity contribution in [1.29, 1.82) is 0 Å². The lowest BCUT2D eigenvalue weighted by Gasteiger charge is -2.27. The van der Waals surface area contributed by atoms with E-state index in [2.05, 4.69) is 17.2 Å². The first-order valence-electron chi connectivity index (χ1n) is 7.84. The second kappa shape index (κ2) is 7.17. The molecule has 1 heterocycles. The van der Waals surface area contributed by atoms with Crippen molar-refractivity contribution in [2.24, 2.45) is 0 Å². The summed E-state index contributed by atoms with van der Waals surface area (Å²) in [5.41, 5.74) is 1.51. The standard InChI is InChI=1S/C19H17FN2O3/c1-2-17(23)21-13-6-3-5-12(11-13)19(24)22-16-9-10-25-18-14(16)7-4-8-15(18)20/h2-8,11,16H,1,9-10H2,(H,21,23)(H,22,24)/t16-/m0/s1. The average molecular weight is 340 g/mol. The molecular weight excluding hydrogens is 323 g/mol. The number of hydrogen-bond acceptors (Lipinski definition) is 3. The molecule has 1 atom stereocenters. The Bertz CT molecular complexity index is 835. The Kier molecular flexibility index (Phi) is 4.79. The first-order valence-corrected chi connectivity index (χ1v) is 7.84. The van der Waals surface area contributed by atoms with E-state index in [0.29, 0.717) is 29.8 Å². The highest BCUT2D eigenvalue weighted by atomic mass is 19.1. The van der Waals surface area contributed by atoms with E-state index in [0.717, 1.165) is 6.08 Å². The second-order valence-corrected chi connectivity index (χ2v) is 5.60. The van der Waals surface area contributed by atoms with E-state index in [1.54, 1.807) is 36.4 Å². The van der Waals surface area contributed by atoms with Crippen molar-refractivity contribution in [2.75, 3.05) is 11.9 Å². The normalized spacial score (nSPS) is 15.5. The van der Waals surface area contributed by atoms with E-state index in [-0.39, 0.29) is 23.6 Å². The van der Waals surface area contributed by atoms with Gasteiger partial charge in [0.2, 0.25) is 5.91 Å². The highest BCUT2D eigenvalue weighted by molar-refractivity contribution is 6.00. The Morgan fingerprint density at radius 1 is 1.24 bits per heavy atom. The molecule has 2 N–H and O–H groups in total. The minimum atomic E-state index is -0.439. The fourth-order valence-electron chi connectivity index (χ4n) is 2.71. The number of rotatable bonds is 4. The number of carbonyl (C=O) groups is 2. The summed E-state index contributed by atoms with van der Waals surface area (Å²) >= 11 is 0. The monoisotopic (exact) mass is 340 g/mol. The number of halogens is 1. The summed E-state index contributed by atoms with van der Waals surface area (Å²) in [6.45, 7) is 3.71. The molecule has 3 rings (SSSR count). The molecule has 0 radical (unpaired) electrons. The molecule has 0 aliphatic carbocycles. The van der Waals surface area contributed by atoms with Crippen LogP contribution in [0.25, 0.3) is 0 Å². The molecule has 1 aliphatic rings. The van der Waals surface area contributed by atoms with Crippen LogP contribution in [0.15, 0.2) is 55.1 Å². The molecule has 25 heavy (non-hydrogen) atoms. The van der Waals surface area contributed by atoms with Gasteiger partial charge >= 0.3 is 0 Å². The Balaban J connectivity index is 1.78. The Labute approximate surface area is 144 Å². The van der Waals surface area contributed by atoms with Gasteiger partial charge < -0.3 is 15.4 Å². The van der Waals surface area contributed by atoms with Gasteiger partial charge in [0.05, 0.1) is 12.6 Å². The molecule has 0 saturated heterocycles. The van der Waals surface area contributed by atoms with Gasteiger partial charge in [-0.1, -0.05) is 24.8 Å². The summed E-state index contributed by atoms with van der Waals surface area (Å²) < 4.78 is 19.2. The van der Waals surface area contributed by atoms with Crippen LogP contribution in [-0.2, 0) is 4.79 Å². The Morgan fingerprint density at radius 3 is 2.84 bits per heavy atom. The van der Waals surface area contributed by atoms with Crippen molar-refractivity contribution in [1.82, 2.24) is 5.32 Å². The van der Waals surface area contributed by atoms with Crippen molar-refractivity contribution in [3.63, 3.8) is 0 Å². The van der Waals surface area contributed by atoms with Crippen molar-refractivity contribution < 1.29 is 18.7 Å². The summed E-state index contributed by atoms with van der Waals surface area (Å²) in [5, 5.41) is 5.50. The van der Waals surface area contributed by atoms with Crippen molar-refractivity contribution in [3.05, 3.63) is 72.1 Å². The summed E-state index contributed by atoms with van der Waals surface area (Å²) in [7, 11) is 0. The van der Waals surface area contributed by atoms with Crippen molar-refractivity contribution >= 4 is 17.5 Å². The maximum absolute atomic E-state index is 13.8. The van der Waals surface area contributed by atoms with Crippen LogP contribution >= 0.6 is 0 Å². The molecule has 0 aromatic heterocycles. The smallest absolute Gasteiger partial charge is 0.251 e. The maximum atomic E-state index is 13.8. The topological polar surface area (TPSA) is 67.4 Å². The zero-order valence-corrected chi connectivity index (χ0v) is 13.4. The van der Waals surface area contributed by atoms with E-state index >= 15 is 0 Å². The van der Waals surface area contributed by atoms with Gasteiger partial charge in [-0.25, -0.2) is 4.39 Å². The SMILES string of the molecule is C=CC(=O)Nc1cccc(C(=O)N[C@H]2CCOc3c(F)cccc32)c1. The third-order valence-corrected chi connectivity index (χ3v) is 3.91. The number of nitrogens with one attached hydrogen (secondary N) is 2. The van der Waals surface area contributed by atoms with Crippen molar-refractivity contribution in [2.45, 2.75) is 12.5 Å². The van der Waals surface area contributed by atoms with Crippen LogP contribution < -0.4 is 15.4 Å². The van der Waals surface area contributed by atoms with Gasteiger partial charge in [-0.3, -0.25) is 9.59 Å². The van der Waals surface area contributed by atoms with Gasteiger partial charge in [0.1, 0.15) is 0 Å². The van der Waals surface area contributed by atoms with Crippen LogP contribution in [0.2, 0.25) is 0 Å². The average Bonchev–Trinajstić information content (AvgIpc) is 2.62. The largest absolute Gasteiger partial charge is 0.490 e. The van der Waals surface area contributed by atoms with E-state index < -0.39 is 5.82 Å². The first-order chi connectivity index (χ1) is 12.1.